The highest BCUT2D eigenvalue weighted by atomic mass is 16.5. The van der Waals surface area contributed by atoms with Crippen LogP contribution in [0.15, 0.2) is 24.3 Å². The maximum atomic E-state index is 11.8. The normalized spacial score (nSPS) is 11.4. The molecule has 1 atom stereocenters. The molecule has 0 aromatic heterocycles. The number of ether oxygens (including phenoxy) is 1. The van der Waals surface area contributed by atoms with Gasteiger partial charge in [0, 0.05) is 12.0 Å². The Balaban J connectivity index is 2.68. The number of nitrogens with one attached hydrogen (secondary N) is 1. The van der Waals surface area contributed by atoms with E-state index in [1.165, 1.54) is 31.4 Å². The minimum Gasteiger partial charge on any atom is -0.508 e. The molecular weight excluding hydrogens is 266 g/mol. The van der Waals surface area contributed by atoms with E-state index in [1.54, 1.807) is 0 Å². The highest BCUT2D eigenvalue weighted by Crippen LogP contribution is 2.11. The molecule has 0 fully saturated rings. The molecule has 1 amide bonds. The van der Waals surface area contributed by atoms with Crippen LogP contribution in [-0.4, -0.2) is 41.2 Å². The fourth-order valence-electron chi connectivity index (χ4n) is 1.51. The Morgan fingerprint density at radius 1 is 1.35 bits per heavy atom. The Labute approximate surface area is 115 Å². The third-order valence-electron chi connectivity index (χ3n) is 2.58. The molecule has 3 N–H and O–H groups in total. The lowest BCUT2D eigenvalue weighted by molar-refractivity contribution is -0.142. The second-order valence-electron chi connectivity index (χ2n) is 4.03. The van der Waals surface area contributed by atoms with Gasteiger partial charge < -0.3 is 20.3 Å². The zero-order chi connectivity index (χ0) is 15.1. The number of carbonyl (C=O) groups excluding carboxylic acids is 2. The van der Waals surface area contributed by atoms with E-state index in [0.29, 0.717) is 0 Å². The zero-order valence-corrected chi connectivity index (χ0v) is 10.8. The van der Waals surface area contributed by atoms with Crippen LogP contribution < -0.4 is 5.32 Å². The molecule has 0 unspecified atom stereocenters. The van der Waals surface area contributed by atoms with Gasteiger partial charge in [-0.15, -0.1) is 0 Å². The van der Waals surface area contributed by atoms with Gasteiger partial charge in [-0.05, 0) is 24.6 Å². The third-order valence-corrected chi connectivity index (χ3v) is 2.58. The summed E-state index contributed by atoms with van der Waals surface area (Å²) in [4.78, 5) is 33.8. The molecule has 108 valence electrons. The van der Waals surface area contributed by atoms with Crippen molar-refractivity contribution in [1.82, 2.24) is 5.32 Å². The summed E-state index contributed by atoms with van der Waals surface area (Å²) in [7, 11) is 1.20. The number of amides is 1. The van der Waals surface area contributed by atoms with Crippen molar-refractivity contribution < 1.29 is 29.3 Å². The van der Waals surface area contributed by atoms with Crippen molar-refractivity contribution in [3.63, 3.8) is 0 Å². The molecule has 0 bridgehead atoms. The molecule has 0 aliphatic rings. The highest BCUT2D eigenvalue weighted by Gasteiger charge is 2.21. The Kier molecular flexibility index (Phi) is 5.52. The number of carboxylic acids is 1. The van der Waals surface area contributed by atoms with E-state index in [9.17, 15) is 19.5 Å². The lowest BCUT2D eigenvalue weighted by Gasteiger charge is -2.14. The molecule has 0 heterocycles. The zero-order valence-electron chi connectivity index (χ0n) is 10.8. The number of carboxylic acid groups (broad SMARTS) is 1. The van der Waals surface area contributed by atoms with Gasteiger partial charge in [0.05, 0.1) is 7.11 Å². The quantitative estimate of drug-likeness (QED) is 0.655. The summed E-state index contributed by atoms with van der Waals surface area (Å²) < 4.78 is 4.41. The number of hydrogen-bond acceptors (Lipinski definition) is 5. The van der Waals surface area contributed by atoms with Crippen molar-refractivity contribution >= 4 is 17.8 Å². The van der Waals surface area contributed by atoms with Crippen molar-refractivity contribution in [2.75, 3.05) is 7.11 Å². The van der Waals surface area contributed by atoms with Gasteiger partial charge in [0.15, 0.2) is 0 Å². The molecule has 1 rings (SSSR count). The van der Waals surface area contributed by atoms with E-state index >= 15 is 0 Å². The summed E-state index contributed by atoms with van der Waals surface area (Å²) in [6, 6.07) is 4.31. The average molecular weight is 281 g/mol. The summed E-state index contributed by atoms with van der Waals surface area (Å²) in [5.41, 5.74) is 0.134. The average Bonchev–Trinajstić information content (AvgIpc) is 2.42. The first kappa shape index (κ1) is 15.5. The van der Waals surface area contributed by atoms with Crippen LogP contribution in [0.25, 0.3) is 0 Å². The molecule has 0 radical (unpaired) electrons. The fourth-order valence-corrected chi connectivity index (χ4v) is 1.51. The summed E-state index contributed by atoms with van der Waals surface area (Å²) >= 11 is 0. The summed E-state index contributed by atoms with van der Waals surface area (Å²) in [5, 5.41) is 20.5. The summed E-state index contributed by atoms with van der Waals surface area (Å²) in [6.07, 6.45) is -0.194. The van der Waals surface area contributed by atoms with Crippen LogP contribution in [0.3, 0.4) is 0 Å². The first-order valence-corrected chi connectivity index (χ1v) is 5.83. The molecule has 0 aliphatic carbocycles. The largest absolute Gasteiger partial charge is 0.508 e. The van der Waals surface area contributed by atoms with Crippen LogP contribution in [0.1, 0.15) is 23.2 Å². The number of benzene rings is 1. The Morgan fingerprint density at radius 3 is 2.60 bits per heavy atom. The smallest absolute Gasteiger partial charge is 0.326 e. The molecule has 0 spiro atoms. The Bertz CT molecular complexity index is 513. The van der Waals surface area contributed by atoms with Crippen LogP contribution in [-0.2, 0) is 14.3 Å². The number of rotatable bonds is 6. The Hall–Kier alpha value is -2.57. The summed E-state index contributed by atoms with van der Waals surface area (Å²) in [6.45, 7) is 0. The van der Waals surface area contributed by atoms with Crippen LogP contribution in [0, 0.1) is 0 Å². The monoisotopic (exact) mass is 281 g/mol. The van der Waals surface area contributed by atoms with Crippen LogP contribution in [0.4, 0.5) is 0 Å². The molecule has 0 aliphatic heterocycles. The van der Waals surface area contributed by atoms with E-state index in [2.05, 4.69) is 10.1 Å². The first-order valence-electron chi connectivity index (χ1n) is 5.83. The minimum atomic E-state index is -1.25. The second kappa shape index (κ2) is 7.13. The molecule has 20 heavy (non-hydrogen) atoms. The van der Waals surface area contributed by atoms with Gasteiger partial charge in [-0.2, -0.15) is 0 Å². The highest BCUT2D eigenvalue weighted by molar-refractivity contribution is 5.96. The van der Waals surface area contributed by atoms with Crippen LogP contribution in [0.5, 0.6) is 5.75 Å². The van der Waals surface area contributed by atoms with Gasteiger partial charge >= 0.3 is 11.9 Å². The predicted octanol–water partition coefficient (Wildman–Crippen LogP) is 0.528. The topological polar surface area (TPSA) is 113 Å². The van der Waals surface area contributed by atoms with E-state index in [4.69, 9.17) is 5.11 Å². The third kappa shape index (κ3) is 4.60. The Morgan fingerprint density at radius 2 is 2.05 bits per heavy atom. The standard InChI is InChI=1S/C13H15NO6/c1-20-11(16)6-5-10(13(18)19)14-12(17)8-3-2-4-9(15)7-8/h2-4,7,10,15H,5-6H2,1H3,(H,14,17)(H,18,19)/t10-/m1/s1. The number of aliphatic carboxylic acids is 1. The number of aromatic hydroxyl groups is 1. The van der Waals surface area contributed by atoms with Gasteiger partial charge in [-0.25, -0.2) is 4.79 Å². The molecule has 7 nitrogen and oxygen atoms in total. The van der Waals surface area contributed by atoms with Crippen molar-refractivity contribution in [3.05, 3.63) is 29.8 Å². The lowest BCUT2D eigenvalue weighted by Crippen LogP contribution is -2.41. The maximum Gasteiger partial charge on any atom is 0.326 e. The number of methoxy groups -OCH3 is 1. The SMILES string of the molecule is COC(=O)CC[C@@H](NC(=O)c1cccc(O)c1)C(=O)O. The number of hydrogen-bond donors (Lipinski definition) is 3. The second-order valence-corrected chi connectivity index (χ2v) is 4.03. The van der Waals surface area contributed by atoms with Crippen LogP contribution >= 0.6 is 0 Å². The number of phenolic OH excluding ortho intramolecular Hbond substituents is 1. The van der Waals surface area contributed by atoms with Crippen molar-refractivity contribution in [1.29, 1.82) is 0 Å². The van der Waals surface area contributed by atoms with E-state index in [0.717, 1.165) is 0 Å². The van der Waals surface area contributed by atoms with Gasteiger partial charge in [0.2, 0.25) is 0 Å². The van der Waals surface area contributed by atoms with E-state index < -0.39 is 23.9 Å². The molecule has 1 aromatic rings. The van der Waals surface area contributed by atoms with E-state index in [1.807, 2.05) is 0 Å². The fraction of sp³-hybridized carbons (Fsp3) is 0.308. The molecular formula is C13H15NO6. The molecule has 0 saturated carbocycles. The molecule has 0 saturated heterocycles. The number of carbonyl (C=O) groups is 3. The summed E-state index contributed by atoms with van der Waals surface area (Å²) in [5.74, 6) is -2.54. The number of esters is 1. The maximum absolute atomic E-state index is 11.8. The lowest BCUT2D eigenvalue weighted by atomic mass is 10.1. The molecule has 7 heteroatoms. The first-order chi connectivity index (χ1) is 9.43. The van der Waals surface area contributed by atoms with Crippen LogP contribution in [0.2, 0.25) is 0 Å². The van der Waals surface area contributed by atoms with Crippen molar-refractivity contribution in [2.24, 2.45) is 0 Å². The van der Waals surface area contributed by atoms with Gasteiger partial charge in [0.25, 0.3) is 5.91 Å². The molecule has 1 aromatic carbocycles. The van der Waals surface area contributed by atoms with Crippen molar-refractivity contribution in [3.8, 4) is 5.75 Å². The number of phenols is 1. The predicted molar refractivity (Wildman–Crippen MR) is 68.2 cm³/mol. The van der Waals surface area contributed by atoms with Crippen molar-refractivity contribution in [2.45, 2.75) is 18.9 Å². The minimum absolute atomic E-state index is 0.0768. The van der Waals surface area contributed by atoms with Gasteiger partial charge in [-0.1, -0.05) is 6.07 Å². The van der Waals surface area contributed by atoms with Gasteiger partial charge in [0.1, 0.15) is 11.8 Å². The van der Waals surface area contributed by atoms with E-state index in [-0.39, 0.29) is 24.2 Å². The van der Waals surface area contributed by atoms with Gasteiger partial charge in [-0.3, -0.25) is 9.59 Å².